The topological polar surface area (TPSA) is 84.7 Å². The first-order valence-corrected chi connectivity index (χ1v) is 10.7. The maximum absolute atomic E-state index is 13.0. The van der Waals surface area contributed by atoms with Crippen molar-refractivity contribution < 1.29 is 18.8 Å². The van der Waals surface area contributed by atoms with Gasteiger partial charge in [0.2, 0.25) is 5.91 Å². The molecule has 2 aromatic rings. The molecular weight excluding hydrogens is 382 g/mol. The fourth-order valence-corrected chi connectivity index (χ4v) is 3.76. The van der Waals surface area contributed by atoms with Crippen molar-refractivity contribution in [2.24, 2.45) is 5.92 Å². The van der Waals surface area contributed by atoms with Crippen LogP contribution in [0.15, 0.2) is 34.9 Å². The monoisotopic (exact) mass is 413 g/mol. The zero-order valence-corrected chi connectivity index (χ0v) is 18.0. The summed E-state index contributed by atoms with van der Waals surface area (Å²) in [6.45, 7) is 4.83. The molecule has 30 heavy (non-hydrogen) atoms. The van der Waals surface area contributed by atoms with E-state index in [1.54, 1.807) is 13.2 Å². The van der Waals surface area contributed by atoms with Crippen molar-refractivity contribution in [1.29, 1.82) is 0 Å². The van der Waals surface area contributed by atoms with Crippen LogP contribution in [0.5, 0.6) is 5.75 Å². The molecule has 0 radical (unpaired) electrons. The Hall–Kier alpha value is -2.83. The maximum atomic E-state index is 13.0. The molecule has 1 saturated carbocycles. The SMILES string of the molecule is CCC(C)N(Cc1cc(C(=O)NCc2ccc(OC)cc2)no1)C(=O)C1CCCC1. The first kappa shape index (κ1) is 21.9. The first-order valence-electron chi connectivity index (χ1n) is 10.7. The largest absolute Gasteiger partial charge is 0.497 e. The summed E-state index contributed by atoms with van der Waals surface area (Å²) in [5.41, 5.74) is 1.17. The van der Waals surface area contributed by atoms with Gasteiger partial charge >= 0.3 is 0 Å². The minimum atomic E-state index is -0.307. The molecule has 1 aliphatic rings. The van der Waals surface area contributed by atoms with E-state index in [0.29, 0.717) is 18.8 Å². The van der Waals surface area contributed by atoms with Crippen LogP contribution in [-0.4, -0.2) is 35.0 Å². The molecule has 1 heterocycles. The number of aromatic nitrogens is 1. The molecule has 0 bridgehead atoms. The van der Waals surface area contributed by atoms with E-state index in [-0.39, 0.29) is 29.5 Å². The van der Waals surface area contributed by atoms with E-state index in [9.17, 15) is 9.59 Å². The summed E-state index contributed by atoms with van der Waals surface area (Å²) in [5.74, 6) is 1.27. The van der Waals surface area contributed by atoms with Crippen LogP contribution in [0.2, 0.25) is 0 Å². The van der Waals surface area contributed by atoms with Crippen LogP contribution < -0.4 is 10.1 Å². The molecule has 7 heteroatoms. The number of nitrogens with one attached hydrogen (secondary N) is 1. The van der Waals surface area contributed by atoms with Crippen LogP contribution in [0.3, 0.4) is 0 Å². The third kappa shape index (κ3) is 5.40. The molecule has 0 spiro atoms. The quantitative estimate of drug-likeness (QED) is 0.673. The normalized spacial score (nSPS) is 15.0. The zero-order valence-electron chi connectivity index (χ0n) is 18.0. The minimum absolute atomic E-state index is 0.106. The fourth-order valence-electron chi connectivity index (χ4n) is 3.76. The number of nitrogens with zero attached hydrogens (tertiary/aromatic N) is 2. The Morgan fingerprint density at radius 1 is 1.27 bits per heavy atom. The molecule has 1 fully saturated rings. The van der Waals surface area contributed by atoms with E-state index in [1.165, 1.54) is 0 Å². The van der Waals surface area contributed by atoms with Crippen LogP contribution in [0.4, 0.5) is 0 Å². The van der Waals surface area contributed by atoms with E-state index >= 15 is 0 Å². The van der Waals surface area contributed by atoms with E-state index in [0.717, 1.165) is 43.4 Å². The van der Waals surface area contributed by atoms with Gasteiger partial charge in [0.05, 0.1) is 13.7 Å². The number of methoxy groups -OCH3 is 1. The average molecular weight is 414 g/mol. The number of ether oxygens (including phenoxy) is 1. The lowest BCUT2D eigenvalue weighted by Crippen LogP contribution is -2.40. The molecule has 0 saturated heterocycles. The van der Waals surface area contributed by atoms with E-state index in [4.69, 9.17) is 9.26 Å². The molecule has 2 amide bonds. The molecule has 1 N–H and O–H groups in total. The van der Waals surface area contributed by atoms with Crippen molar-refractivity contribution in [1.82, 2.24) is 15.4 Å². The number of hydrogen-bond donors (Lipinski definition) is 1. The summed E-state index contributed by atoms with van der Waals surface area (Å²) in [6.07, 6.45) is 5.02. The Morgan fingerprint density at radius 2 is 1.97 bits per heavy atom. The van der Waals surface area contributed by atoms with Gasteiger partial charge in [-0.25, -0.2) is 0 Å². The lowest BCUT2D eigenvalue weighted by Gasteiger charge is -2.30. The Morgan fingerprint density at radius 3 is 2.60 bits per heavy atom. The summed E-state index contributed by atoms with van der Waals surface area (Å²) < 4.78 is 10.5. The van der Waals surface area contributed by atoms with Crippen molar-refractivity contribution in [2.75, 3.05) is 7.11 Å². The van der Waals surface area contributed by atoms with Crippen LogP contribution in [0, 0.1) is 5.92 Å². The third-order valence-corrected chi connectivity index (χ3v) is 5.84. The average Bonchev–Trinajstić information content (AvgIpc) is 3.47. The number of hydrogen-bond acceptors (Lipinski definition) is 5. The number of amides is 2. The van der Waals surface area contributed by atoms with Crippen LogP contribution in [-0.2, 0) is 17.9 Å². The fraction of sp³-hybridized carbons (Fsp3) is 0.522. The number of carbonyl (C=O) groups is 2. The Balaban J connectivity index is 1.60. The number of carbonyl (C=O) groups excluding carboxylic acids is 2. The second kappa shape index (κ2) is 10.3. The van der Waals surface area contributed by atoms with Crippen LogP contribution >= 0.6 is 0 Å². The predicted octanol–water partition coefficient (Wildman–Crippen LogP) is 3.93. The van der Waals surface area contributed by atoms with Gasteiger partial charge in [-0.05, 0) is 43.9 Å². The summed E-state index contributed by atoms with van der Waals surface area (Å²) in [4.78, 5) is 27.3. The van der Waals surface area contributed by atoms with Crippen molar-refractivity contribution in [3.8, 4) is 5.75 Å². The number of benzene rings is 1. The Bertz CT molecular complexity index is 840. The van der Waals surface area contributed by atoms with Gasteiger partial charge in [-0.3, -0.25) is 9.59 Å². The highest BCUT2D eigenvalue weighted by molar-refractivity contribution is 5.92. The summed E-state index contributed by atoms with van der Waals surface area (Å²) in [5, 5.41) is 6.74. The van der Waals surface area contributed by atoms with Crippen LogP contribution in [0.1, 0.15) is 67.8 Å². The van der Waals surface area contributed by atoms with Gasteiger partial charge < -0.3 is 19.5 Å². The molecule has 0 aliphatic heterocycles. The van der Waals surface area contributed by atoms with Gasteiger partial charge in [0, 0.05) is 24.6 Å². The lowest BCUT2D eigenvalue weighted by atomic mass is 10.0. The third-order valence-electron chi connectivity index (χ3n) is 5.84. The highest BCUT2D eigenvalue weighted by Gasteiger charge is 2.30. The van der Waals surface area contributed by atoms with Gasteiger partial charge in [-0.2, -0.15) is 0 Å². The van der Waals surface area contributed by atoms with Crippen molar-refractivity contribution in [3.05, 3.63) is 47.3 Å². The van der Waals surface area contributed by atoms with Crippen molar-refractivity contribution in [2.45, 2.75) is 65.1 Å². The highest BCUT2D eigenvalue weighted by Crippen LogP contribution is 2.28. The second-order valence-corrected chi connectivity index (χ2v) is 7.91. The number of rotatable bonds is 9. The van der Waals surface area contributed by atoms with Crippen molar-refractivity contribution >= 4 is 11.8 Å². The first-order chi connectivity index (χ1) is 14.5. The molecular formula is C23H31N3O4. The molecule has 162 valence electrons. The Labute approximate surface area is 177 Å². The molecule has 1 aromatic heterocycles. The highest BCUT2D eigenvalue weighted by atomic mass is 16.5. The van der Waals surface area contributed by atoms with E-state index in [2.05, 4.69) is 17.4 Å². The van der Waals surface area contributed by atoms with E-state index in [1.807, 2.05) is 36.1 Å². The smallest absolute Gasteiger partial charge is 0.273 e. The molecule has 1 unspecified atom stereocenters. The standard InChI is InChI=1S/C23H31N3O4/c1-4-16(2)26(23(28)18-7-5-6-8-18)15-20-13-21(25-30-20)22(27)24-14-17-9-11-19(29-3)12-10-17/h9-13,16,18H,4-8,14-15H2,1-3H3,(H,24,27). The summed E-state index contributed by atoms with van der Waals surface area (Å²) in [7, 11) is 1.61. The zero-order chi connectivity index (χ0) is 21.5. The van der Waals surface area contributed by atoms with Gasteiger partial charge in [0.15, 0.2) is 11.5 Å². The lowest BCUT2D eigenvalue weighted by molar-refractivity contribution is -0.138. The molecule has 7 nitrogen and oxygen atoms in total. The molecule has 3 rings (SSSR count). The maximum Gasteiger partial charge on any atom is 0.273 e. The molecule has 1 aromatic carbocycles. The second-order valence-electron chi connectivity index (χ2n) is 7.91. The van der Waals surface area contributed by atoms with Gasteiger partial charge in [-0.1, -0.05) is 37.1 Å². The summed E-state index contributed by atoms with van der Waals surface area (Å²) in [6, 6.07) is 9.22. The van der Waals surface area contributed by atoms with Crippen LogP contribution in [0.25, 0.3) is 0 Å². The summed E-state index contributed by atoms with van der Waals surface area (Å²) >= 11 is 0. The van der Waals surface area contributed by atoms with Crippen molar-refractivity contribution in [3.63, 3.8) is 0 Å². The molecule has 1 aliphatic carbocycles. The van der Waals surface area contributed by atoms with Gasteiger partial charge in [0.1, 0.15) is 5.75 Å². The van der Waals surface area contributed by atoms with E-state index < -0.39 is 0 Å². The van der Waals surface area contributed by atoms with Gasteiger partial charge in [-0.15, -0.1) is 0 Å². The molecule has 1 atom stereocenters. The predicted molar refractivity (Wildman–Crippen MR) is 113 cm³/mol. The van der Waals surface area contributed by atoms with Gasteiger partial charge in [0.25, 0.3) is 5.91 Å². The Kier molecular flexibility index (Phi) is 7.49. The minimum Gasteiger partial charge on any atom is -0.497 e.